The van der Waals surface area contributed by atoms with Crippen LogP contribution in [0, 0.1) is 0 Å². The topological polar surface area (TPSA) is 99.8 Å². The van der Waals surface area contributed by atoms with E-state index in [1.807, 2.05) is 74.1 Å². The van der Waals surface area contributed by atoms with Crippen LogP contribution in [0.1, 0.15) is 52.8 Å². The fourth-order valence-corrected chi connectivity index (χ4v) is 4.75. The van der Waals surface area contributed by atoms with Gasteiger partial charge in [-0.05, 0) is 49.2 Å². The summed E-state index contributed by atoms with van der Waals surface area (Å²) in [6, 6.07) is 16.9. The summed E-state index contributed by atoms with van der Waals surface area (Å²) < 4.78 is 8.36. The second-order valence-electron chi connectivity index (χ2n) is 10.1. The van der Waals surface area contributed by atoms with E-state index < -0.39 is 5.97 Å². The van der Waals surface area contributed by atoms with Crippen LogP contribution in [-0.4, -0.2) is 51.6 Å². The predicted octanol–water partition coefficient (Wildman–Crippen LogP) is 5.09. The number of carboxylic acids is 1. The Kier molecular flexibility index (Phi) is 8.27. The number of carboxylic acid groups (broad SMARTS) is 1. The number of anilines is 1. The zero-order chi connectivity index (χ0) is 27.4. The molecule has 2 aliphatic rings. The standard InChI is InChI=1S/C31H35N3O4/c1-33(2)21-11-14-24-28(18-21)38-29-19-22(34(3)4)12-15-25(29)30(24)23-13-10-20(17-26(23)31(36)37)27(35)9-7-5-6-8-16-32/h10-15,17-19H,5-9,16,32H2,1-4H3/p+1. The van der Waals surface area contributed by atoms with Crippen LogP contribution in [0.3, 0.4) is 0 Å². The summed E-state index contributed by atoms with van der Waals surface area (Å²) in [6.45, 7) is 0.653. The lowest BCUT2D eigenvalue weighted by molar-refractivity contribution is 0.0697. The van der Waals surface area contributed by atoms with Crippen LogP contribution in [0.15, 0.2) is 59.0 Å². The SMILES string of the molecule is CN(C)c1ccc2c(-c3ccc(C(=O)CCCCCCN)cc3C(=O)O)c3ccc(=[N+](C)C)cc-3oc2c1. The highest BCUT2D eigenvalue weighted by Crippen LogP contribution is 2.42. The summed E-state index contributed by atoms with van der Waals surface area (Å²) in [7, 11) is 7.85. The monoisotopic (exact) mass is 514 g/mol. The Balaban J connectivity index is 1.89. The minimum atomic E-state index is -1.07. The summed E-state index contributed by atoms with van der Waals surface area (Å²) in [5, 5.41) is 12.0. The lowest BCUT2D eigenvalue weighted by atomic mass is 9.89. The Labute approximate surface area is 223 Å². The summed E-state index contributed by atoms with van der Waals surface area (Å²) in [6.07, 6.45) is 4.03. The number of hydrogen-bond acceptors (Lipinski definition) is 5. The second kappa shape index (κ2) is 11.6. The normalized spacial score (nSPS) is 11.2. The zero-order valence-electron chi connectivity index (χ0n) is 22.6. The van der Waals surface area contributed by atoms with Gasteiger partial charge in [0.15, 0.2) is 5.78 Å². The molecule has 0 fully saturated rings. The zero-order valence-corrected chi connectivity index (χ0v) is 22.6. The average molecular weight is 515 g/mol. The van der Waals surface area contributed by atoms with Gasteiger partial charge in [0.05, 0.1) is 11.6 Å². The number of Topliss-reactive ketones (excluding diaryl/α,β-unsaturated/α-hetero) is 1. The van der Waals surface area contributed by atoms with Gasteiger partial charge in [-0.25, -0.2) is 9.37 Å². The lowest BCUT2D eigenvalue weighted by Crippen LogP contribution is -2.21. The van der Waals surface area contributed by atoms with E-state index >= 15 is 0 Å². The van der Waals surface area contributed by atoms with Gasteiger partial charge in [-0.1, -0.05) is 25.0 Å². The molecule has 0 bridgehead atoms. The third-order valence-electron chi connectivity index (χ3n) is 6.92. The molecule has 38 heavy (non-hydrogen) atoms. The fourth-order valence-electron chi connectivity index (χ4n) is 4.75. The molecule has 0 atom stereocenters. The van der Waals surface area contributed by atoms with Gasteiger partial charge in [0.1, 0.15) is 25.4 Å². The van der Waals surface area contributed by atoms with Crippen molar-refractivity contribution in [2.45, 2.75) is 32.1 Å². The first-order chi connectivity index (χ1) is 18.2. The number of hydrogen-bond donors (Lipinski definition) is 2. The van der Waals surface area contributed by atoms with Gasteiger partial charge >= 0.3 is 5.97 Å². The van der Waals surface area contributed by atoms with E-state index in [9.17, 15) is 14.7 Å². The molecule has 0 saturated carbocycles. The second-order valence-corrected chi connectivity index (χ2v) is 10.1. The van der Waals surface area contributed by atoms with E-state index in [2.05, 4.69) is 0 Å². The number of carbonyl (C=O) groups excluding carboxylic acids is 1. The van der Waals surface area contributed by atoms with Gasteiger partial charge in [0, 0.05) is 60.4 Å². The Morgan fingerprint density at radius 1 is 0.921 bits per heavy atom. The number of aromatic carboxylic acids is 1. The van der Waals surface area contributed by atoms with Crippen LogP contribution in [0.5, 0.6) is 0 Å². The van der Waals surface area contributed by atoms with Crippen molar-refractivity contribution >= 4 is 28.4 Å². The maximum absolute atomic E-state index is 12.9. The maximum atomic E-state index is 12.9. The van der Waals surface area contributed by atoms with Crippen molar-refractivity contribution in [1.82, 2.24) is 4.58 Å². The third-order valence-corrected chi connectivity index (χ3v) is 6.92. The first-order valence-electron chi connectivity index (χ1n) is 13.0. The van der Waals surface area contributed by atoms with Crippen molar-refractivity contribution in [1.29, 1.82) is 0 Å². The lowest BCUT2D eigenvalue weighted by Gasteiger charge is -2.19. The van der Waals surface area contributed by atoms with Crippen molar-refractivity contribution in [3.63, 3.8) is 0 Å². The number of nitrogens with zero attached hydrogens (tertiary/aromatic N) is 2. The van der Waals surface area contributed by atoms with Gasteiger partial charge < -0.3 is 20.2 Å². The largest absolute Gasteiger partial charge is 0.478 e. The van der Waals surface area contributed by atoms with Gasteiger partial charge in [-0.3, -0.25) is 4.79 Å². The molecular weight excluding hydrogens is 478 g/mol. The first kappa shape index (κ1) is 27.1. The number of carbonyl (C=O) groups is 2. The molecule has 198 valence electrons. The summed E-state index contributed by atoms with van der Waals surface area (Å²) >= 11 is 0. The molecule has 2 aromatic carbocycles. The van der Waals surface area contributed by atoms with Crippen LogP contribution < -0.4 is 20.6 Å². The number of fused-ring (bicyclic) bond motifs is 2. The van der Waals surface area contributed by atoms with Crippen LogP contribution in [0.4, 0.5) is 5.69 Å². The van der Waals surface area contributed by atoms with E-state index in [0.29, 0.717) is 35.4 Å². The van der Waals surface area contributed by atoms with Crippen LogP contribution in [0.2, 0.25) is 0 Å². The van der Waals surface area contributed by atoms with E-state index in [1.165, 1.54) is 6.07 Å². The smallest absolute Gasteiger partial charge is 0.336 e. The van der Waals surface area contributed by atoms with Gasteiger partial charge in [0.25, 0.3) is 0 Å². The third kappa shape index (κ3) is 5.63. The van der Waals surface area contributed by atoms with E-state index in [1.54, 1.807) is 12.1 Å². The Morgan fingerprint density at radius 2 is 1.66 bits per heavy atom. The molecule has 0 radical (unpaired) electrons. The Bertz CT molecular complexity index is 1530. The van der Waals surface area contributed by atoms with Crippen molar-refractivity contribution in [2.24, 2.45) is 5.73 Å². The first-order valence-corrected chi connectivity index (χ1v) is 13.0. The van der Waals surface area contributed by atoms with Crippen molar-refractivity contribution in [2.75, 3.05) is 39.6 Å². The quantitative estimate of drug-likeness (QED) is 0.132. The molecule has 0 saturated heterocycles. The average Bonchev–Trinajstić information content (AvgIpc) is 2.90. The molecule has 0 unspecified atom stereocenters. The molecule has 2 aromatic rings. The summed E-state index contributed by atoms with van der Waals surface area (Å²) in [5.41, 5.74) is 9.83. The fraction of sp³-hybridized carbons (Fsp3) is 0.323. The molecule has 1 aliphatic heterocycles. The molecule has 0 aromatic heterocycles. The minimum absolute atomic E-state index is 0.0455. The maximum Gasteiger partial charge on any atom is 0.336 e. The predicted molar refractivity (Wildman–Crippen MR) is 153 cm³/mol. The van der Waals surface area contributed by atoms with Crippen LogP contribution in [0.25, 0.3) is 33.4 Å². The molecule has 1 heterocycles. The van der Waals surface area contributed by atoms with E-state index in [-0.39, 0.29) is 11.3 Å². The van der Waals surface area contributed by atoms with Crippen LogP contribution >= 0.6 is 0 Å². The molecule has 0 spiro atoms. The van der Waals surface area contributed by atoms with Crippen molar-refractivity contribution in [3.05, 3.63) is 71.1 Å². The number of rotatable bonds is 10. The van der Waals surface area contributed by atoms with Gasteiger partial charge in [0.2, 0.25) is 5.36 Å². The summed E-state index contributed by atoms with van der Waals surface area (Å²) in [4.78, 5) is 27.4. The number of nitrogens with two attached hydrogens (primary N) is 1. The number of ketones is 1. The molecule has 7 heteroatoms. The molecule has 1 aliphatic carbocycles. The number of unbranched alkanes of at least 4 members (excludes halogenated alkanes) is 3. The van der Waals surface area contributed by atoms with Crippen LogP contribution in [-0.2, 0) is 0 Å². The van der Waals surface area contributed by atoms with E-state index in [4.69, 9.17) is 10.2 Å². The number of benzene rings is 3. The minimum Gasteiger partial charge on any atom is -0.478 e. The van der Waals surface area contributed by atoms with Gasteiger partial charge in [-0.2, -0.15) is 0 Å². The highest BCUT2D eigenvalue weighted by atomic mass is 16.4. The van der Waals surface area contributed by atoms with Gasteiger partial charge in [-0.15, -0.1) is 0 Å². The Morgan fingerprint density at radius 3 is 2.34 bits per heavy atom. The molecular formula is C31H36N3O4+. The molecule has 0 amide bonds. The Hall–Kier alpha value is -3.97. The highest BCUT2D eigenvalue weighted by molar-refractivity contribution is 6.09. The summed E-state index contributed by atoms with van der Waals surface area (Å²) in [5.74, 6) is -0.464. The molecule has 7 nitrogen and oxygen atoms in total. The van der Waals surface area contributed by atoms with Crippen molar-refractivity contribution in [3.8, 4) is 22.5 Å². The van der Waals surface area contributed by atoms with Crippen molar-refractivity contribution < 1.29 is 19.1 Å². The van der Waals surface area contributed by atoms with E-state index in [0.717, 1.165) is 53.2 Å². The molecule has 3 N–H and O–H groups in total. The molecule has 4 rings (SSSR count). The highest BCUT2D eigenvalue weighted by Gasteiger charge is 2.23.